The van der Waals surface area contributed by atoms with E-state index in [-0.39, 0.29) is 23.1 Å². The topological polar surface area (TPSA) is 43.8 Å². The largest absolute Gasteiger partial charge is 0.390 e. The minimum atomic E-state index is -0.445. The maximum Gasteiger partial charge on any atom is 0.255 e. The summed E-state index contributed by atoms with van der Waals surface area (Å²) in [5, 5.41) is 9.60. The second-order valence-electron chi connectivity index (χ2n) is 6.67. The van der Waals surface area contributed by atoms with Gasteiger partial charge in [0.05, 0.1) is 16.7 Å². The Morgan fingerprint density at radius 2 is 2.17 bits per heavy atom. The van der Waals surface area contributed by atoms with Gasteiger partial charge in [-0.15, -0.1) is 0 Å². The van der Waals surface area contributed by atoms with Gasteiger partial charge in [0, 0.05) is 32.7 Å². The molecule has 1 heterocycles. The first-order valence-electron chi connectivity index (χ1n) is 8.08. The van der Waals surface area contributed by atoms with Crippen molar-refractivity contribution in [3.63, 3.8) is 0 Å². The fraction of sp³-hybridized carbons (Fsp3) is 0.588. The van der Waals surface area contributed by atoms with Crippen molar-refractivity contribution in [3.05, 3.63) is 34.6 Å². The molecule has 0 aromatic heterocycles. The first-order valence-corrected chi connectivity index (χ1v) is 8.46. The van der Waals surface area contributed by atoms with E-state index in [2.05, 4.69) is 4.90 Å². The number of rotatable bonds is 5. The number of carbonyl (C=O) groups excluding carboxylic acids is 1. The number of β-amino-alcohol motifs (C(OH)–C–C–N with tert-alkyl or cyclic N) is 1. The summed E-state index contributed by atoms with van der Waals surface area (Å²) in [4.78, 5) is 16.7. The summed E-state index contributed by atoms with van der Waals surface area (Å²) in [5.74, 6) is -0.131. The number of hydrogen-bond donors (Lipinski definition) is 1. The molecule has 3 rings (SSSR count). The van der Waals surface area contributed by atoms with Crippen LogP contribution in [-0.4, -0.2) is 59.6 Å². The highest BCUT2D eigenvalue weighted by Crippen LogP contribution is 2.34. The van der Waals surface area contributed by atoms with Gasteiger partial charge in [-0.2, -0.15) is 0 Å². The minimum Gasteiger partial charge on any atom is -0.390 e. The van der Waals surface area contributed by atoms with Gasteiger partial charge in [0.25, 0.3) is 5.91 Å². The quantitative estimate of drug-likeness (QED) is 0.895. The average molecular weight is 341 g/mol. The SMILES string of the molecule is CN(C(=O)c1ccc(F)cc1Cl)C(CN1CC(O)C1)C1CCC1. The van der Waals surface area contributed by atoms with Crippen molar-refractivity contribution in [2.24, 2.45) is 5.92 Å². The third kappa shape index (κ3) is 3.52. The van der Waals surface area contributed by atoms with Crippen LogP contribution in [0.4, 0.5) is 4.39 Å². The molecule has 126 valence electrons. The molecule has 1 amide bonds. The maximum absolute atomic E-state index is 13.2. The van der Waals surface area contributed by atoms with Crippen molar-refractivity contribution in [2.75, 3.05) is 26.7 Å². The van der Waals surface area contributed by atoms with Gasteiger partial charge in [0.15, 0.2) is 0 Å². The second-order valence-corrected chi connectivity index (χ2v) is 7.08. The maximum atomic E-state index is 13.2. The molecule has 1 aliphatic heterocycles. The molecule has 23 heavy (non-hydrogen) atoms. The molecular formula is C17H22ClFN2O2. The highest BCUT2D eigenvalue weighted by atomic mass is 35.5. The lowest BCUT2D eigenvalue weighted by Crippen LogP contribution is -2.58. The van der Waals surface area contributed by atoms with Crippen molar-refractivity contribution in [2.45, 2.75) is 31.4 Å². The molecule has 4 nitrogen and oxygen atoms in total. The van der Waals surface area contributed by atoms with E-state index in [9.17, 15) is 14.3 Å². The van der Waals surface area contributed by atoms with Crippen LogP contribution in [0.15, 0.2) is 18.2 Å². The lowest BCUT2D eigenvalue weighted by atomic mass is 9.78. The molecule has 1 aromatic carbocycles. The number of halogens is 2. The van der Waals surface area contributed by atoms with E-state index >= 15 is 0 Å². The van der Waals surface area contributed by atoms with Gasteiger partial charge in [0.2, 0.25) is 0 Å². The van der Waals surface area contributed by atoms with Gasteiger partial charge in [-0.25, -0.2) is 4.39 Å². The molecule has 0 radical (unpaired) electrons. The van der Waals surface area contributed by atoms with Gasteiger partial charge >= 0.3 is 0 Å². The van der Waals surface area contributed by atoms with Crippen molar-refractivity contribution in [1.82, 2.24) is 9.80 Å². The van der Waals surface area contributed by atoms with Gasteiger partial charge in [-0.05, 0) is 37.0 Å². The van der Waals surface area contributed by atoms with Gasteiger partial charge in [-0.1, -0.05) is 18.0 Å². The zero-order chi connectivity index (χ0) is 16.6. The number of hydrogen-bond acceptors (Lipinski definition) is 3. The van der Waals surface area contributed by atoms with Gasteiger partial charge in [-0.3, -0.25) is 9.69 Å². The average Bonchev–Trinajstić information content (AvgIpc) is 2.41. The fourth-order valence-corrected chi connectivity index (χ4v) is 3.62. The standard InChI is InChI=1S/C17H22ClFN2O2/c1-20(17(23)14-6-5-12(19)7-15(14)18)16(11-3-2-4-11)10-21-8-13(22)9-21/h5-7,11,13,16,22H,2-4,8-10H2,1H3. The molecule has 1 saturated heterocycles. The lowest BCUT2D eigenvalue weighted by molar-refractivity contribution is -0.0223. The Labute approximate surface area is 140 Å². The zero-order valence-electron chi connectivity index (χ0n) is 13.2. The molecule has 1 N–H and O–H groups in total. The number of nitrogens with zero attached hydrogens (tertiary/aromatic N) is 2. The molecule has 0 bridgehead atoms. The van der Waals surface area contributed by atoms with Crippen LogP contribution in [0.1, 0.15) is 29.6 Å². The highest BCUT2D eigenvalue weighted by Gasteiger charge is 2.37. The Morgan fingerprint density at radius 1 is 1.48 bits per heavy atom. The van der Waals surface area contributed by atoms with Crippen LogP contribution >= 0.6 is 11.6 Å². The summed E-state index contributed by atoms with van der Waals surface area (Å²) < 4.78 is 13.2. The van der Waals surface area contributed by atoms with Crippen LogP contribution in [0.25, 0.3) is 0 Å². The summed E-state index contributed by atoms with van der Waals surface area (Å²) in [6.45, 7) is 2.11. The third-order valence-electron chi connectivity index (χ3n) is 5.06. The van der Waals surface area contributed by atoms with Crippen LogP contribution in [-0.2, 0) is 0 Å². The summed E-state index contributed by atoms with van der Waals surface area (Å²) >= 11 is 6.03. The lowest BCUT2D eigenvalue weighted by Gasteiger charge is -2.45. The number of likely N-dealkylation sites (N-methyl/N-ethyl adjacent to an activating group) is 1. The first-order chi connectivity index (χ1) is 11.0. The molecule has 2 aliphatic rings. The number of benzene rings is 1. The Balaban J connectivity index is 1.73. The van der Waals surface area contributed by atoms with Crippen LogP contribution in [0.5, 0.6) is 0 Å². The molecular weight excluding hydrogens is 319 g/mol. The van der Waals surface area contributed by atoms with E-state index in [1.165, 1.54) is 24.6 Å². The smallest absolute Gasteiger partial charge is 0.255 e. The van der Waals surface area contributed by atoms with E-state index in [4.69, 9.17) is 11.6 Å². The van der Waals surface area contributed by atoms with Crippen LogP contribution < -0.4 is 0 Å². The Hall–Kier alpha value is -1.17. The van der Waals surface area contributed by atoms with Gasteiger partial charge in [0.1, 0.15) is 5.82 Å². The second kappa shape index (κ2) is 6.75. The number of carbonyl (C=O) groups is 1. The molecule has 1 saturated carbocycles. The van der Waals surface area contributed by atoms with Crippen molar-refractivity contribution in [1.29, 1.82) is 0 Å². The van der Waals surface area contributed by atoms with E-state index in [0.29, 0.717) is 24.6 Å². The van der Waals surface area contributed by atoms with Crippen LogP contribution in [0.3, 0.4) is 0 Å². The summed E-state index contributed by atoms with van der Waals surface area (Å²) in [6, 6.07) is 3.98. The predicted molar refractivity (Wildman–Crippen MR) is 87.1 cm³/mol. The third-order valence-corrected chi connectivity index (χ3v) is 5.37. The van der Waals surface area contributed by atoms with E-state index < -0.39 is 5.82 Å². The number of likely N-dealkylation sites (tertiary alicyclic amines) is 1. The zero-order valence-corrected chi connectivity index (χ0v) is 14.0. The normalized spacial score (nSPS) is 20.7. The number of aliphatic hydroxyl groups excluding tert-OH is 1. The van der Waals surface area contributed by atoms with E-state index in [1.807, 2.05) is 0 Å². The summed E-state index contributed by atoms with van der Waals surface area (Å²) in [6.07, 6.45) is 3.19. The monoisotopic (exact) mass is 340 g/mol. The number of amides is 1. The molecule has 1 aromatic rings. The van der Waals surface area contributed by atoms with Gasteiger partial charge < -0.3 is 10.0 Å². The van der Waals surface area contributed by atoms with E-state index in [1.54, 1.807) is 11.9 Å². The number of aliphatic hydroxyl groups is 1. The van der Waals surface area contributed by atoms with Crippen LogP contribution in [0.2, 0.25) is 5.02 Å². The molecule has 1 atom stereocenters. The predicted octanol–water partition coefficient (Wildman–Crippen LogP) is 2.40. The van der Waals surface area contributed by atoms with Crippen LogP contribution in [0, 0.1) is 11.7 Å². The molecule has 1 aliphatic carbocycles. The Morgan fingerprint density at radius 3 is 2.70 bits per heavy atom. The fourth-order valence-electron chi connectivity index (χ4n) is 3.37. The van der Waals surface area contributed by atoms with Crippen molar-refractivity contribution >= 4 is 17.5 Å². The Bertz CT molecular complexity index is 588. The minimum absolute atomic E-state index is 0.102. The first kappa shape index (κ1) is 16.7. The van der Waals surface area contributed by atoms with E-state index in [0.717, 1.165) is 19.4 Å². The van der Waals surface area contributed by atoms with Crippen molar-refractivity contribution in [3.8, 4) is 0 Å². The summed E-state index contributed by atoms with van der Waals surface area (Å²) in [7, 11) is 1.79. The van der Waals surface area contributed by atoms with Crippen molar-refractivity contribution < 1.29 is 14.3 Å². The summed E-state index contributed by atoms with van der Waals surface area (Å²) in [5.41, 5.74) is 0.337. The molecule has 6 heteroatoms. The molecule has 1 unspecified atom stereocenters. The highest BCUT2D eigenvalue weighted by molar-refractivity contribution is 6.33. The Kier molecular flexibility index (Phi) is 4.90. The molecule has 2 fully saturated rings. The molecule has 0 spiro atoms.